The highest BCUT2D eigenvalue weighted by Gasteiger charge is 2.68. The number of amides is 7. The van der Waals surface area contributed by atoms with Crippen LogP contribution in [0.4, 0.5) is 66.2 Å². The van der Waals surface area contributed by atoms with Gasteiger partial charge in [0.1, 0.15) is 40.2 Å². The summed E-state index contributed by atoms with van der Waals surface area (Å²) in [6.45, 7) is 1.52. The molecular formula is C72H67F9N9O11+. The summed E-state index contributed by atoms with van der Waals surface area (Å²) in [5, 5.41) is 56.4. The van der Waals surface area contributed by atoms with Crippen molar-refractivity contribution in [2.45, 2.75) is 114 Å². The quantitative estimate of drug-likeness (QED) is 0.0214. The van der Waals surface area contributed by atoms with Gasteiger partial charge in [0.05, 0.1) is 17.6 Å². The molecule has 3 aliphatic carbocycles. The van der Waals surface area contributed by atoms with Gasteiger partial charge in [-0.25, -0.2) is 20.0 Å². The molecule has 2 heterocycles. The number of aromatic hydroxyl groups is 3. The summed E-state index contributed by atoms with van der Waals surface area (Å²) in [4.78, 5) is 75.6. The Morgan fingerprint density at radius 2 is 1.00 bits per heavy atom. The Bertz CT molecular complexity index is 4220. The first-order chi connectivity index (χ1) is 48.0. The molecule has 1 unspecified atom stereocenters. The zero-order valence-electron chi connectivity index (χ0n) is 53.8. The van der Waals surface area contributed by atoms with Crippen molar-refractivity contribution in [3.05, 3.63) is 208 Å². The third-order valence-electron chi connectivity index (χ3n) is 19.1. The number of rotatable bonds is 19. The highest BCUT2D eigenvalue weighted by Crippen LogP contribution is 2.62. The van der Waals surface area contributed by atoms with E-state index in [1.807, 2.05) is 0 Å². The van der Waals surface area contributed by atoms with Crippen LogP contribution >= 0.6 is 0 Å². The van der Waals surface area contributed by atoms with E-state index in [1.165, 1.54) is 64.6 Å². The average Bonchev–Trinajstić information content (AvgIpc) is 1.53. The highest BCUT2D eigenvalue weighted by atomic mass is 19.4. The molecule has 20 nitrogen and oxygen atoms in total. The van der Waals surface area contributed by atoms with Crippen molar-refractivity contribution in [2.75, 3.05) is 22.5 Å². The van der Waals surface area contributed by atoms with E-state index in [-0.39, 0.29) is 99.7 Å². The number of anilines is 3. The Kier molecular flexibility index (Phi) is 19.2. The number of phenols is 3. The fourth-order valence-corrected chi connectivity index (χ4v) is 13.8. The van der Waals surface area contributed by atoms with E-state index in [1.54, 1.807) is 43.3 Å². The maximum absolute atomic E-state index is 17.4. The molecule has 3 saturated carbocycles. The molecule has 0 spiro atoms. The van der Waals surface area contributed by atoms with Crippen molar-refractivity contribution in [3.63, 3.8) is 0 Å². The van der Waals surface area contributed by atoms with Gasteiger partial charge in [-0.2, -0.15) is 0 Å². The second kappa shape index (κ2) is 27.7. The summed E-state index contributed by atoms with van der Waals surface area (Å²) in [6.07, 6.45) is -7.94. The molecule has 12 rings (SSSR count). The van der Waals surface area contributed by atoms with Gasteiger partial charge in [-0.15, -0.1) is 44.5 Å². The molecule has 0 aromatic heterocycles. The zero-order chi connectivity index (χ0) is 71.8. The molecule has 2 aliphatic heterocycles. The lowest BCUT2D eigenvalue weighted by Gasteiger charge is -2.55. The van der Waals surface area contributed by atoms with Crippen LogP contribution in [-0.2, 0) is 12.1 Å². The van der Waals surface area contributed by atoms with Gasteiger partial charge in [0.2, 0.25) is 0 Å². The first-order valence-corrected chi connectivity index (χ1v) is 32.5. The summed E-state index contributed by atoms with van der Waals surface area (Å²) in [5.41, 5.74) is 0.945. The Morgan fingerprint density at radius 1 is 0.574 bits per heavy atom. The Labute approximate surface area is 571 Å². The minimum absolute atomic E-state index is 0.00484. The molecule has 1 saturated heterocycles. The molecule has 0 bridgehead atoms. The van der Waals surface area contributed by atoms with Crippen molar-refractivity contribution in [1.82, 2.24) is 20.8 Å². The number of nitrogens with zero attached hydrogens (tertiary/aromatic N) is 4. The minimum Gasteiger partial charge on any atom is -0.508 e. The standard InChI is InChI=1S/C72H66F9N9O11/c1-2-35-88(90(66(97)82-40-42-9-4-3-5-10-42)59(43-11-6-12-43)39-58(86-90)55-36-49(23-32-60(55)91)83-63(94)44-17-26-52(27-18-44)99-70(73,74)75)67(98)89-69(47-13-7-14-47,48-15-8-16-48)41-68(87-89,56-37-50(24-33-61(56)92)84-64(95)45-19-28-53(29-20-45)100-71(76,77)78)57-38-51(25-34-62(57)93)85-65(96)46-21-30-54(31-22-46)101-72(79,80)81/h3-5,9-10,17-34,36-39,43,47-48,87H,2,6-8,11-16,35,40-41H2,1H3,(H6-,82,83,84,85,86,91,92,93,94,95,96,97)/p+1. The van der Waals surface area contributed by atoms with Crippen LogP contribution in [0.2, 0.25) is 0 Å². The summed E-state index contributed by atoms with van der Waals surface area (Å²) in [5.74, 6) is -6.51. The van der Waals surface area contributed by atoms with Gasteiger partial charge < -0.3 is 45.5 Å². The molecule has 4 fully saturated rings. The van der Waals surface area contributed by atoms with E-state index in [4.69, 9.17) is 5.10 Å². The van der Waals surface area contributed by atoms with Gasteiger partial charge in [-0.05, 0) is 195 Å². The van der Waals surface area contributed by atoms with Crippen LogP contribution in [0.5, 0.6) is 34.5 Å². The summed E-state index contributed by atoms with van der Waals surface area (Å²) in [7, 11) is 0. The van der Waals surface area contributed by atoms with Crippen molar-refractivity contribution in [3.8, 4) is 34.5 Å². The maximum atomic E-state index is 17.4. The molecule has 528 valence electrons. The van der Waals surface area contributed by atoms with Crippen LogP contribution in [0.1, 0.15) is 131 Å². The third kappa shape index (κ3) is 14.6. The second-order valence-electron chi connectivity index (χ2n) is 25.4. The lowest BCUT2D eigenvalue weighted by Crippen LogP contribution is -2.71. The molecule has 29 heteroatoms. The monoisotopic (exact) mass is 1400 g/mol. The molecule has 0 radical (unpaired) electrons. The molecule has 7 aromatic carbocycles. The van der Waals surface area contributed by atoms with Crippen LogP contribution < -0.4 is 40.9 Å². The number of nitrogens with one attached hydrogen (secondary N) is 5. The second-order valence-corrected chi connectivity index (χ2v) is 25.4. The number of hydrazine groups is 1. The van der Waals surface area contributed by atoms with E-state index >= 15 is 9.59 Å². The fraction of sp³-hybridized carbons (Fsp3) is 0.306. The number of hydrogen-bond donors (Lipinski definition) is 8. The number of phenolic OH excluding ortho intramolecular Hbond substituents is 3. The van der Waals surface area contributed by atoms with E-state index in [0.29, 0.717) is 56.2 Å². The lowest BCUT2D eigenvalue weighted by molar-refractivity contribution is -0.927. The number of ether oxygens (including phenoxy) is 3. The number of urea groups is 2. The molecule has 7 amide bonds. The predicted octanol–water partition coefficient (Wildman–Crippen LogP) is 15.6. The van der Waals surface area contributed by atoms with Crippen LogP contribution in [-0.4, -0.2) is 96.7 Å². The largest absolute Gasteiger partial charge is 0.573 e. The van der Waals surface area contributed by atoms with Crippen LogP contribution in [0, 0.1) is 17.8 Å². The van der Waals surface area contributed by atoms with Gasteiger partial charge in [0.25, 0.3) is 17.7 Å². The van der Waals surface area contributed by atoms with Crippen molar-refractivity contribution >= 4 is 52.6 Å². The van der Waals surface area contributed by atoms with Crippen LogP contribution in [0.15, 0.2) is 175 Å². The number of alkyl halides is 9. The third-order valence-corrected chi connectivity index (χ3v) is 19.1. The number of benzene rings is 7. The van der Waals surface area contributed by atoms with Crippen molar-refractivity contribution < 1.29 is 97.7 Å². The van der Waals surface area contributed by atoms with E-state index in [0.717, 1.165) is 85.6 Å². The Hall–Kier alpha value is -10.8. The topological polar surface area (TPSA) is 253 Å². The van der Waals surface area contributed by atoms with E-state index < -0.39 is 99.3 Å². The highest BCUT2D eigenvalue weighted by molar-refractivity contribution is 6.13. The van der Waals surface area contributed by atoms with Gasteiger partial charge in [-0.3, -0.25) is 19.7 Å². The van der Waals surface area contributed by atoms with Gasteiger partial charge in [-0.1, -0.05) is 56.5 Å². The molecular weight excluding hydrogens is 1340 g/mol. The smallest absolute Gasteiger partial charge is 0.508 e. The number of halogens is 9. The fourth-order valence-electron chi connectivity index (χ4n) is 13.8. The molecule has 1 atom stereocenters. The first-order valence-electron chi connectivity index (χ1n) is 32.5. The minimum atomic E-state index is -5.03. The first kappa shape index (κ1) is 70.1. The van der Waals surface area contributed by atoms with Crippen molar-refractivity contribution in [2.24, 2.45) is 22.9 Å². The van der Waals surface area contributed by atoms with Gasteiger partial charge in [0.15, 0.2) is 5.70 Å². The molecule has 101 heavy (non-hydrogen) atoms. The molecule has 5 aliphatic rings. The summed E-state index contributed by atoms with van der Waals surface area (Å²) < 4.78 is 129. The van der Waals surface area contributed by atoms with E-state index in [2.05, 4.69) is 40.9 Å². The zero-order valence-corrected chi connectivity index (χ0v) is 53.8. The van der Waals surface area contributed by atoms with Crippen LogP contribution in [0.3, 0.4) is 0 Å². The Morgan fingerprint density at radius 3 is 1.40 bits per heavy atom. The maximum Gasteiger partial charge on any atom is 0.573 e. The Balaban J connectivity index is 1.00. The van der Waals surface area contributed by atoms with Crippen LogP contribution in [0.25, 0.3) is 0 Å². The van der Waals surface area contributed by atoms with Gasteiger partial charge >= 0.3 is 31.1 Å². The number of allylic oxidation sites excluding steroid dienone is 2. The number of hydrogen-bond acceptors (Lipinski definition) is 13. The SMILES string of the molecule is CCCN(C(=O)N1NC(c2cc(NC(=O)c3ccc(OC(F)(F)F)cc3)ccc2O)(c2cc(NC(=O)c3ccc(OC(F)(F)F)cc3)ccc2O)CC1(C1CCC1)C1CCC1)[N+]1(C(=O)NCc2ccccc2)N=C(c2cc(NC(=O)c3ccc(OC(F)(F)F)cc3)ccc2O)C=C1C1CCC1. The number of carbonyl (C=O) groups excluding carboxylic acids is 5. The predicted molar refractivity (Wildman–Crippen MR) is 349 cm³/mol. The molecule has 7 aromatic rings. The molecule has 8 N–H and O–H groups in total. The lowest BCUT2D eigenvalue weighted by atomic mass is 9.55. The normalized spacial score (nSPS) is 18.2. The van der Waals surface area contributed by atoms with E-state index in [9.17, 15) is 69.2 Å². The number of carbonyl (C=O) groups is 5. The van der Waals surface area contributed by atoms with Gasteiger partial charge in [0, 0.05) is 80.1 Å². The summed E-state index contributed by atoms with van der Waals surface area (Å²) >= 11 is 0. The number of quaternary nitrogens is 1. The summed E-state index contributed by atoms with van der Waals surface area (Å²) in [6, 6.07) is 31.7. The average molecular weight is 1410 g/mol. The van der Waals surface area contributed by atoms with Crippen molar-refractivity contribution in [1.29, 1.82) is 0 Å².